The Hall–Kier alpha value is -3.49. The number of benzene rings is 1. The number of pyridine rings is 1. The second kappa shape index (κ2) is 8.57. The zero-order valence-corrected chi connectivity index (χ0v) is 17.6. The van der Waals surface area contributed by atoms with Gasteiger partial charge in [-0.25, -0.2) is 15.0 Å². The highest BCUT2D eigenvalue weighted by atomic mass is 19.4. The van der Waals surface area contributed by atoms with Crippen molar-refractivity contribution >= 4 is 28.3 Å². The Labute approximate surface area is 183 Å². The van der Waals surface area contributed by atoms with Crippen LogP contribution in [0.2, 0.25) is 0 Å². The number of hydrogen-bond acceptors (Lipinski definition) is 5. The van der Waals surface area contributed by atoms with Crippen molar-refractivity contribution in [2.75, 3.05) is 18.4 Å². The van der Waals surface area contributed by atoms with E-state index in [4.69, 9.17) is 0 Å². The van der Waals surface area contributed by atoms with E-state index in [1.54, 1.807) is 31.0 Å². The number of rotatable bonds is 4. The molecule has 6 nitrogen and oxygen atoms in total. The predicted molar refractivity (Wildman–Crippen MR) is 116 cm³/mol. The van der Waals surface area contributed by atoms with Crippen LogP contribution < -0.4 is 5.32 Å². The Morgan fingerprint density at radius 2 is 2.00 bits per heavy atom. The molecule has 1 aliphatic rings. The van der Waals surface area contributed by atoms with Gasteiger partial charge >= 0.3 is 6.18 Å². The van der Waals surface area contributed by atoms with Gasteiger partial charge in [-0.1, -0.05) is 18.2 Å². The Balaban J connectivity index is 1.62. The SMILES string of the molecule is CC(=O)N1CC=C(c2cnc3ncnc(NC(C)c4cccc(C(F)(F)F)c4)c3c2)CC1. The van der Waals surface area contributed by atoms with Crippen molar-refractivity contribution in [1.29, 1.82) is 0 Å². The van der Waals surface area contributed by atoms with Crippen molar-refractivity contribution in [1.82, 2.24) is 19.9 Å². The Morgan fingerprint density at radius 3 is 2.69 bits per heavy atom. The molecule has 1 amide bonds. The minimum absolute atomic E-state index is 0.0420. The maximum Gasteiger partial charge on any atom is 0.416 e. The first kappa shape index (κ1) is 21.7. The lowest BCUT2D eigenvalue weighted by Crippen LogP contribution is -2.32. The molecule has 32 heavy (non-hydrogen) atoms. The fourth-order valence-corrected chi connectivity index (χ4v) is 3.73. The van der Waals surface area contributed by atoms with E-state index in [1.807, 2.05) is 12.1 Å². The highest BCUT2D eigenvalue weighted by molar-refractivity contribution is 5.89. The highest BCUT2D eigenvalue weighted by Gasteiger charge is 2.30. The molecular formula is C23H22F3N5O. The molecule has 4 rings (SSSR count). The van der Waals surface area contributed by atoms with Crippen LogP contribution in [0.15, 0.2) is 48.9 Å². The lowest BCUT2D eigenvalue weighted by molar-refractivity contribution is -0.137. The number of hydrogen-bond donors (Lipinski definition) is 1. The van der Waals surface area contributed by atoms with Gasteiger partial charge in [0.15, 0.2) is 5.65 Å². The summed E-state index contributed by atoms with van der Waals surface area (Å²) in [5.74, 6) is 0.538. The van der Waals surface area contributed by atoms with Crippen LogP contribution in [0, 0.1) is 0 Å². The van der Waals surface area contributed by atoms with Gasteiger partial charge in [0.05, 0.1) is 10.9 Å². The lowest BCUT2D eigenvalue weighted by atomic mass is 10.00. The van der Waals surface area contributed by atoms with Crippen LogP contribution in [-0.2, 0) is 11.0 Å². The summed E-state index contributed by atoms with van der Waals surface area (Å²) < 4.78 is 39.2. The predicted octanol–water partition coefficient (Wildman–Crippen LogP) is 4.85. The number of anilines is 1. The van der Waals surface area contributed by atoms with E-state index in [9.17, 15) is 18.0 Å². The number of fused-ring (bicyclic) bond motifs is 1. The molecule has 166 valence electrons. The maximum atomic E-state index is 13.1. The van der Waals surface area contributed by atoms with Crippen molar-refractivity contribution in [3.63, 3.8) is 0 Å². The molecule has 1 atom stereocenters. The van der Waals surface area contributed by atoms with E-state index >= 15 is 0 Å². The van der Waals surface area contributed by atoms with Gasteiger partial charge in [-0.15, -0.1) is 0 Å². The Bertz CT molecular complexity index is 1190. The monoisotopic (exact) mass is 441 g/mol. The molecule has 3 heterocycles. The first-order valence-corrected chi connectivity index (χ1v) is 10.2. The van der Waals surface area contributed by atoms with Crippen LogP contribution in [-0.4, -0.2) is 38.8 Å². The minimum atomic E-state index is -4.40. The molecule has 1 aliphatic heterocycles. The fraction of sp³-hybridized carbons (Fsp3) is 0.304. The summed E-state index contributed by atoms with van der Waals surface area (Å²) in [5, 5.41) is 3.88. The van der Waals surface area contributed by atoms with Crippen LogP contribution in [0.25, 0.3) is 16.6 Å². The average Bonchev–Trinajstić information content (AvgIpc) is 2.78. The third-order valence-electron chi connectivity index (χ3n) is 5.58. The van der Waals surface area contributed by atoms with E-state index in [1.165, 1.54) is 12.4 Å². The molecular weight excluding hydrogens is 419 g/mol. The van der Waals surface area contributed by atoms with Crippen molar-refractivity contribution in [3.05, 3.63) is 65.6 Å². The van der Waals surface area contributed by atoms with Crippen molar-refractivity contribution < 1.29 is 18.0 Å². The highest BCUT2D eigenvalue weighted by Crippen LogP contribution is 2.32. The summed E-state index contributed by atoms with van der Waals surface area (Å²) in [5.41, 5.74) is 2.28. The molecule has 0 saturated carbocycles. The number of halogens is 3. The average molecular weight is 441 g/mol. The number of alkyl halides is 3. The van der Waals surface area contributed by atoms with Crippen LogP contribution in [0.5, 0.6) is 0 Å². The van der Waals surface area contributed by atoms with Crippen LogP contribution in [0.3, 0.4) is 0 Å². The minimum Gasteiger partial charge on any atom is -0.363 e. The van der Waals surface area contributed by atoms with E-state index in [0.717, 1.165) is 23.3 Å². The molecule has 0 fully saturated rings. The molecule has 0 saturated heterocycles. The number of carbonyl (C=O) groups is 1. The topological polar surface area (TPSA) is 71.0 Å². The molecule has 1 N–H and O–H groups in total. The molecule has 0 spiro atoms. The molecule has 2 aromatic heterocycles. The standard InChI is InChI=1S/C23H22F3N5O/c1-14(17-4-3-5-19(10-17)23(24,25)26)30-22-20-11-18(12-27-21(20)28-13-29-22)16-6-8-31(9-7-16)15(2)32/h3-6,10-14H,7-9H2,1-2H3,(H,27,28,29,30). The van der Waals surface area contributed by atoms with E-state index < -0.39 is 17.8 Å². The number of nitrogens with zero attached hydrogens (tertiary/aromatic N) is 4. The normalized spacial score (nSPS) is 15.4. The van der Waals surface area contributed by atoms with Gasteiger partial charge in [-0.3, -0.25) is 4.79 Å². The first-order chi connectivity index (χ1) is 15.2. The van der Waals surface area contributed by atoms with E-state index in [2.05, 4.69) is 20.3 Å². The molecule has 3 aromatic rings. The summed E-state index contributed by atoms with van der Waals surface area (Å²) >= 11 is 0. The Morgan fingerprint density at radius 1 is 1.19 bits per heavy atom. The lowest BCUT2D eigenvalue weighted by Gasteiger charge is -2.25. The van der Waals surface area contributed by atoms with Gasteiger partial charge in [-0.05, 0) is 48.2 Å². The summed E-state index contributed by atoms with van der Waals surface area (Å²) in [7, 11) is 0. The molecule has 1 unspecified atom stereocenters. The zero-order chi connectivity index (χ0) is 22.9. The van der Waals surface area contributed by atoms with Crippen molar-refractivity contribution in [3.8, 4) is 0 Å². The van der Waals surface area contributed by atoms with E-state index in [-0.39, 0.29) is 5.91 Å². The van der Waals surface area contributed by atoms with Crippen LogP contribution in [0.4, 0.5) is 19.0 Å². The number of amides is 1. The number of nitrogens with one attached hydrogen (secondary N) is 1. The van der Waals surface area contributed by atoms with Gasteiger partial charge in [-0.2, -0.15) is 13.2 Å². The van der Waals surface area contributed by atoms with E-state index in [0.29, 0.717) is 41.9 Å². The summed E-state index contributed by atoms with van der Waals surface area (Å²) in [4.78, 5) is 26.3. The van der Waals surface area contributed by atoms with Gasteiger partial charge < -0.3 is 10.2 Å². The summed E-state index contributed by atoms with van der Waals surface area (Å²) in [6.07, 6.45) is 1.44. The van der Waals surface area contributed by atoms with Gasteiger partial charge in [0.2, 0.25) is 5.91 Å². The summed E-state index contributed by atoms with van der Waals surface area (Å²) in [6.45, 7) is 4.52. The third-order valence-corrected chi connectivity index (χ3v) is 5.58. The third kappa shape index (κ3) is 4.56. The quantitative estimate of drug-likeness (QED) is 0.627. The zero-order valence-electron chi connectivity index (χ0n) is 17.6. The smallest absolute Gasteiger partial charge is 0.363 e. The van der Waals surface area contributed by atoms with Crippen LogP contribution in [0.1, 0.15) is 43.0 Å². The second-order valence-corrected chi connectivity index (χ2v) is 7.75. The van der Waals surface area contributed by atoms with Crippen LogP contribution >= 0.6 is 0 Å². The Kier molecular flexibility index (Phi) is 5.82. The number of carbonyl (C=O) groups excluding carboxylic acids is 1. The van der Waals surface area contributed by atoms with Gasteiger partial charge in [0, 0.05) is 32.3 Å². The maximum absolute atomic E-state index is 13.1. The molecule has 9 heteroatoms. The molecule has 0 radical (unpaired) electrons. The van der Waals surface area contributed by atoms with Crippen molar-refractivity contribution in [2.45, 2.75) is 32.5 Å². The number of aromatic nitrogens is 3. The largest absolute Gasteiger partial charge is 0.416 e. The van der Waals surface area contributed by atoms with Gasteiger partial charge in [0.1, 0.15) is 12.1 Å². The second-order valence-electron chi connectivity index (χ2n) is 7.75. The molecule has 0 aliphatic carbocycles. The molecule has 1 aromatic carbocycles. The summed E-state index contributed by atoms with van der Waals surface area (Å²) in [6, 6.07) is 6.74. The fourth-order valence-electron chi connectivity index (χ4n) is 3.73. The molecule has 0 bridgehead atoms. The first-order valence-electron chi connectivity index (χ1n) is 10.2. The van der Waals surface area contributed by atoms with Gasteiger partial charge in [0.25, 0.3) is 0 Å². The van der Waals surface area contributed by atoms with Crippen molar-refractivity contribution in [2.24, 2.45) is 0 Å².